The van der Waals surface area contributed by atoms with Crippen LogP contribution in [0.2, 0.25) is 0 Å². The van der Waals surface area contributed by atoms with Crippen molar-refractivity contribution in [3.8, 4) is 27.2 Å². The molecule has 0 spiro atoms. The van der Waals surface area contributed by atoms with Crippen molar-refractivity contribution in [2.24, 2.45) is 0 Å². The number of aromatic nitrogens is 2. The van der Waals surface area contributed by atoms with Gasteiger partial charge in [-0.25, -0.2) is 4.39 Å². The van der Waals surface area contributed by atoms with Gasteiger partial charge in [0.15, 0.2) is 0 Å². The second-order valence-corrected chi connectivity index (χ2v) is 6.49. The molecule has 0 fully saturated rings. The number of rotatable bonds is 2. The zero-order valence-electron chi connectivity index (χ0n) is 12.2. The molecule has 1 aromatic heterocycles. The summed E-state index contributed by atoms with van der Waals surface area (Å²) < 4.78 is 13.5. The van der Waals surface area contributed by atoms with Crippen molar-refractivity contribution in [1.82, 2.24) is 10.2 Å². The van der Waals surface area contributed by atoms with E-state index in [2.05, 4.69) is 28.4 Å². The maximum Gasteiger partial charge on any atom is 0.148 e. The minimum atomic E-state index is -0.512. The van der Waals surface area contributed by atoms with Gasteiger partial charge in [0, 0.05) is 11.1 Å². The molecule has 0 amide bonds. The van der Waals surface area contributed by atoms with Crippen LogP contribution < -0.4 is 0 Å². The SMILES string of the molecule is N#Cc1cc(-c2nnc(-c3cccc4c3CCC4)s2)ccc1F. The molecule has 0 unspecified atom stereocenters. The maximum atomic E-state index is 13.5. The fourth-order valence-corrected chi connectivity index (χ4v) is 3.91. The Labute approximate surface area is 137 Å². The Morgan fingerprint density at radius 2 is 1.96 bits per heavy atom. The Kier molecular flexibility index (Phi) is 3.40. The molecule has 112 valence electrons. The molecule has 0 saturated carbocycles. The summed E-state index contributed by atoms with van der Waals surface area (Å²) in [6.07, 6.45) is 3.38. The lowest BCUT2D eigenvalue weighted by molar-refractivity contribution is 0.624. The van der Waals surface area contributed by atoms with E-state index in [-0.39, 0.29) is 5.56 Å². The van der Waals surface area contributed by atoms with E-state index < -0.39 is 5.82 Å². The van der Waals surface area contributed by atoms with Gasteiger partial charge < -0.3 is 0 Å². The van der Waals surface area contributed by atoms with Gasteiger partial charge in [0.1, 0.15) is 21.9 Å². The molecule has 0 atom stereocenters. The molecule has 0 radical (unpaired) electrons. The molecule has 1 heterocycles. The van der Waals surface area contributed by atoms with E-state index in [9.17, 15) is 4.39 Å². The first-order chi connectivity index (χ1) is 11.3. The fraction of sp³-hybridized carbons (Fsp3) is 0.167. The fourth-order valence-electron chi connectivity index (χ4n) is 3.01. The second-order valence-electron chi connectivity index (χ2n) is 5.52. The molecular weight excluding hydrogens is 309 g/mol. The van der Waals surface area contributed by atoms with Crippen LogP contribution in [0.1, 0.15) is 23.1 Å². The Balaban J connectivity index is 1.76. The Morgan fingerprint density at radius 3 is 2.83 bits per heavy atom. The van der Waals surface area contributed by atoms with Crippen molar-refractivity contribution in [2.75, 3.05) is 0 Å². The number of hydrogen-bond donors (Lipinski definition) is 0. The highest BCUT2D eigenvalue weighted by Crippen LogP contribution is 2.36. The molecule has 1 aliphatic rings. The number of hydrogen-bond acceptors (Lipinski definition) is 4. The van der Waals surface area contributed by atoms with Crippen LogP contribution in [0.3, 0.4) is 0 Å². The van der Waals surface area contributed by atoms with Gasteiger partial charge in [0.05, 0.1) is 5.56 Å². The van der Waals surface area contributed by atoms with E-state index in [0.29, 0.717) is 5.01 Å². The number of nitrogens with zero attached hydrogens (tertiary/aromatic N) is 3. The quantitative estimate of drug-likeness (QED) is 0.704. The van der Waals surface area contributed by atoms with Crippen LogP contribution in [-0.4, -0.2) is 10.2 Å². The first-order valence-corrected chi connectivity index (χ1v) is 8.22. The molecule has 23 heavy (non-hydrogen) atoms. The van der Waals surface area contributed by atoms with E-state index in [1.807, 2.05) is 6.07 Å². The van der Waals surface area contributed by atoms with Gasteiger partial charge in [-0.2, -0.15) is 5.26 Å². The summed E-state index contributed by atoms with van der Waals surface area (Å²) in [5.74, 6) is -0.512. The summed E-state index contributed by atoms with van der Waals surface area (Å²) in [4.78, 5) is 0. The van der Waals surface area contributed by atoms with Crippen LogP contribution in [0.15, 0.2) is 36.4 Å². The van der Waals surface area contributed by atoms with Gasteiger partial charge in [-0.3, -0.25) is 0 Å². The Morgan fingerprint density at radius 1 is 1.09 bits per heavy atom. The topological polar surface area (TPSA) is 49.6 Å². The molecule has 0 aliphatic heterocycles. The van der Waals surface area contributed by atoms with Crippen molar-refractivity contribution in [3.05, 3.63) is 58.9 Å². The lowest BCUT2D eigenvalue weighted by atomic mass is 10.0. The molecule has 3 aromatic rings. The number of benzene rings is 2. The van der Waals surface area contributed by atoms with Crippen molar-refractivity contribution < 1.29 is 4.39 Å². The van der Waals surface area contributed by atoms with Gasteiger partial charge in [-0.1, -0.05) is 29.5 Å². The third-order valence-electron chi connectivity index (χ3n) is 4.14. The van der Waals surface area contributed by atoms with E-state index in [1.54, 1.807) is 6.07 Å². The van der Waals surface area contributed by atoms with Gasteiger partial charge in [-0.15, -0.1) is 10.2 Å². The molecular formula is C18H12FN3S. The smallest absolute Gasteiger partial charge is 0.148 e. The minimum absolute atomic E-state index is 0.0276. The highest BCUT2D eigenvalue weighted by atomic mass is 32.1. The molecule has 0 saturated heterocycles. The van der Waals surface area contributed by atoms with Crippen molar-refractivity contribution in [2.45, 2.75) is 19.3 Å². The standard InChI is InChI=1S/C18H12FN3S/c19-16-8-7-12(9-13(16)10-20)17-21-22-18(23-17)15-6-2-4-11-3-1-5-14(11)15/h2,4,6-9H,1,3,5H2. The largest absolute Gasteiger partial charge is 0.206 e. The molecule has 0 N–H and O–H groups in total. The molecule has 4 rings (SSSR count). The number of halogens is 1. The van der Waals surface area contributed by atoms with Crippen LogP contribution in [0.4, 0.5) is 4.39 Å². The summed E-state index contributed by atoms with van der Waals surface area (Å²) in [5, 5.41) is 19.1. The van der Waals surface area contributed by atoms with E-state index in [4.69, 9.17) is 5.26 Å². The van der Waals surface area contributed by atoms with Gasteiger partial charge in [0.2, 0.25) is 0 Å². The highest BCUT2D eigenvalue weighted by molar-refractivity contribution is 7.17. The average Bonchev–Trinajstić information content (AvgIpc) is 3.24. The molecule has 2 aromatic carbocycles. The normalized spacial score (nSPS) is 12.9. The third-order valence-corrected chi connectivity index (χ3v) is 5.14. The zero-order valence-corrected chi connectivity index (χ0v) is 13.0. The first-order valence-electron chi connectivity index (χ1n) is 7.41. The van der Waals surface area contributed by atoms with Crippen LogP contribution in [-0.2, 0) is 12.8 Å². The third kappa shape index (κ3) is 2.41. The molecule has 0 bridgehead atoms. The summed E-state index contributed by atoms with van der Waals surface area (Å²) in [6.45, 7) is 0. The summed E-state index contributed by atoms with van der Waals surface area (Å²) >= 11 is 1.48. The Bertz CT molecular complexity index is 940. The monoisotopic (exact) mass is 321 g/mol. The first kappa shape index (κ1) is 14.0. The predicted molar refractivity (Wildman–Crippen MR) is 87.5 cm³/mol. The Hall–Kier alpha value is -2.58. The number of aryl methyl sites for hydroxylation is 1. The summed E-state index contributed by atoms with van der Waals surface area (Å²) in [6, 6.07) is 12.6. The van der Waals surface area contributed by atoms with Crippen molar-refractivity contribution >= 4 is 11.3 Å². The molecule has 1 aliphatic carbocycles. The lowest BCUT2D eigenvalue weighted by Gasteiger charge is -2.04. The lowest BCUT2D eigenvalue weighted by Crippen LogP contribution is -1.87. The summed E-state index contributed by atoms with van der Waals surface area (Å²) in [5.41, 5.74) is 4.66. The second kappa shape index (κ2) is 5.56. The van der Waals surface area contributed by atoms with Crippen molar-refractivity contribution in [1.29, 1.82) is 5.26 Å². The highest BCUT2D eigenvalue weighted by Gasteiger charge is 2.18. The molecule has 5 heteroatoms. The average molecular weight is 321 g/mol. The van der Waals surface area contributed by atoms with E-state index in [0.717, 1.165) is 29.0 Å². The van der Waals surface area contributed by atoms with Crippen LogP contribution in [0.25, 0.3) is 21.1 Å². The predicted octanol–water partition coefficient (Wildman–Crippen LogP) is 4.37. The zero-order chi connectivity index (χ0) is 15.8. The van der Waals surface area contributed by atoms with Crippen LogP contribution in [0.5, 0.6) is 0 Å². The maximum absolute atomic E-state index is 13.5. The van der Waals surface area contributed by atoms with Crippen LogP contribution in [0, 0.1) is 17.1 Å². The van der Waals surface area contributed by atoms with Crippen LogP contribution >= 0.6 is 11.3 Å². The van der Waals surface area contributed by atoms with Crippen molar-refractivity contribution in [3.63, 3.8) is 0 Å². The van der Waals surface area contributed by atoms with Gasteiger partial charge >= 0.3 is 0 Å². The number of fused-ring (bicyclic) bond motifs is 1. The molecule has 3 nitrogen and oxygen atoms in total. The minimum Gasteiger partial charge on any atom is -0.206 e. The van der Waals surface area contributed by atoms with Gasteiger partial charge in [0.25, 0.3) is 0 Å². The van der Waals surface area contributed by atoms with E-state index in [1.165, 1.54) is 41.0 Å². The van der Waals surface area contributed by atoms with E-state index >= 15 is 0 Å². The summed E-state index contributed by atoms with van der Waals surface area (Å²) in [7, 11) is 0. The number of nitriles is 1. The van der Waals surface area contributed by atoms with Gasteiger partial charge in [-0.05, 0) is 48.6 Å².